The third kappa shape index (κ3) is 1.99. The molecule has 2 rings (SSSR count). The minimum atomic E-state index is 0.116. The Bertz CT molecular complexity index is 307. The summed E-state index contributed by atoms with van der Waals surface area (Å²) in [7, 11) is 2.03. The summed E-state index contributed by atoms with van der Waals surface area (Å²) in [4.78, 5) is 0. The van der Waals surface area contributed by atoms with Crippen LogP contribution in [-0.4, -0.2) is 23.3 Å². The molecule has 0 spiro atoms. The van der Waals surface area contributed by atoms with Crippen molar-refractivity contribution in [2.75, 3.05) is 13.2 Å². The van der Waals surface area contributed by atoms with Crippen LogP contribution in [0.3, 0.4) is 0 Å². The molecule has 3 nitrogen and oxygen atoms in total. The average Bonchev–Trinajstić information content (AvgIpc) is 2.52. The number of aromatic nitrogens is 1. The number of hydrogen-bond donors (Lipinski definition) is 1. The molecule has 0 saturated carbocycles. The molecule has 0 radical (unpaired) electrons. The van der Waals surface area contributed by atoms with E-state index in [1.54, 1.807) is 0 Å². The predicted octanol–water partition coefficient (Wildman–Crippen LogP) is 1.46. The molecule has 0 amide bonds. The van der Waals surface area contributed by atoms with Gasteiger partial charge in [-0.3, -0.25) is 0 Å². The first kappa shape index (κ1) is 9.74. The van der Waals surface area contributed by atoms with E-state index in [2.05, 4.69) is 42.2 Å². The van der Waals surface area contributed by atoms with Gasteiger partial charge >= 0.3 is 0 Å². The molecule has 1 saturated heterocycles. The van der Waals surface area contributed by atoms with Gasteiger partial charge in [0.05, 0.1) is 12.7 Å². The zero-order valence-electron chi connectivity index (χ0n) is 9.08. The van der Waals surface area contributed by atoms with Crippen LogP contribution in [0.5, 0.6) is 0 Å². The topological polar surface area (TPSA) is 26.2 Å². The van der Waals surface area contributed by atoms with Gasteiger partial charge < -0.3 is 14.6 Å². The van der Waals surface area contributed by atoms with E-state index in [-0.39, 0.29) is 11.6 Å². The Kier molecular flexibility index (Phi) is 2.37. The Morgan fingerprint density at radius 2 is 2.36 bits per heavy atom. The number of ether oxygens (including phenoxy) is 1. The Hall–Kier alpha value is -0.800. The maximum atomic E-state index is 5.82. The van der Waals surface area contributed by atoms with Crippen molar-refractivity contribution in [3.63, 3.8) is 0 Å². The fourth-order valence-electron chi connectivity index (χ4n) is 1.72. The highest BCUT2D eigenvalue weighted by Gasteiger charge is 2.27. The molecule has 1 aromatic heterocycles. The zero-order valence-corrected chi connectivity index (χ0v) is 9.08. The fourth-order valence-corrected chi connectivity index (χ4v) is 1.72. The molecule has 2 heterocycles. The Morgan fingerprint density at radius 1 is 1.57 bits per heavy atom. The Balaban J connectivity index is 2.02. The molecular formula is C11H18N2O. The van der Waals surface area contributed by atoms with Crippen LogP contribution in [0.1, 0.15) is 25.5 Å². The molecule has 1 unspecified atom stereocenters. The van der Waals surface area contributed by atoms with E-state index in [0.29, 0.717) is 0 Å². The Labute approximate surface area is 85.1 Å². The summed E-state index contributed by atoms with van der Waals surface area (Å²) >= 11 is 0. The van der Waals surface area contributed by atoms with Crippen molar-refractivity contribution in [2.45, 2.75) is 25.5 Å². The van der Waals surface area contributed by atoms with Gasteiger partial charge in [-0.1, -0.05) is 0 Å². The number of nitrogens with zero attached hydrogens (tertiary/aromatic N) is 1. The van der Waals surface area contributed by atoms with Crippen molar-refractivity contribution in [1.29, 1.82) is 0 Å². The van der Waals surface area contributed by atoms with Crippen molar-refractivity contribution in [1.82, 2.24) is 9.88 Å². The fraction of sp³-hybridized carbons (Fsp3) is 0.636. The molecular weight excluding hydrogens is 176 g/mol. The first-order chi connectivity index (χ1) is 6.57. The van der Waals surface area contributed by atoms with Crippen LogP contribution < -0.4 is 5.32 Å². The molecule has 1 N–H and O–H groups in total. The quantitative estimate of drug-likeness (QED) is 0.732. The second-order valence-electron chi connectivity index (χ2n) is 4.67. The van der Waals surface area contributed by atoms with Crippen LogP contribution in [-0.2, 0) is 11.8 Å². The van der Waals surface area contributed by atoms with E-state index in [0.717, 1.165) is 13.2 Å². The molecule has 78 valence electrons. The minimum Gasteiger partial charge on any atom is -0.370 e. The summed E-state index contributed by atoms with van der Waals surface area (Å²) in [5.41, 5.74) is 1.38. The van der Waals surface area contributed by atoms with Crippen LogP contribution in [0.25, 0.3) is 0 Å². The van der Waals surface area contributed by atoms with Gasteiger partial charge in [0.25, 0.3) is 0 Å². The minimum absolute atomic E-state index is 0.116. The van der Waals surface area contributed by atoms with Gasteiger partial charge in [-0.2, -0.15) is 0 Å². The molecule has 1 atom stereocenters. The van der Waals surface area contributed by atoms with E-state index in [1.807, 2.05) is 7.05 Å². The molecule has 0 aromatic carbocycles. The lowest BCUT2D eigenvalue weighted by Gasteiger charge is -2.35. The summed E-state index contributed by atoms with van der Waals surface area (Å²) < 4.78 is 7.87. The highest BCUT2D eigenvalue weighted by molar-refractivity contribution is 5.15. The molecule has 1 aliphatic heterocycles. The number of aryl methyl sites for hydroxylation is 1. The summed E-state index contributed by atoms with van der Waals surface area (Å²) in [5, 5.41) is 3.48. The molecule has 1 aliphatic rings. The van der Waals surface area contributed by atoms with Gasteiger partial charge in [0.15, 0.2) is 0 Å². The van der Waals surface area contributed by atoms with Gasteiger partial charge in [0, 0.05) is 31.5 Å². The van der Waals surface area contributed by atoms with Gasteiger partial charge in [0.2, 0.25) is 0 Å². The van der Waals surface area contributed by atoms with Crippen molar-refractivity contribution in [3.8, 4) is 0 Å². The SMILES string of the molecule is Cn1ccc(C2CNC(C)(C)CO2)c1. The van der Waals surface area contributed by atoms with Crippen LogP contribution in [0.4, 0.5) is 0 Å². The Morgan fingerprint density at radius 3 is 2.86 bits per heavy atom. The number of hydrogen-bond acceptors (Lipinski definition) is 2. The van der Waals surface area contributed by atoms with Crippen molar-refractivity contribution in [3.05, 3.63) is 24.0 Å². The summed E-state index contributed by atoms with van der Waals surface area (Å²) in [5.74, 6) is 0. The third-order valence-corrected chi connectivity index (χ3v) is 2.64. The first-order valence-electron chi connectivity index (χ1n) is 5.05. The van der Waals surface area contributed by atoms with E-state index >= 15 is 0 Å². The zero-order chi connectivity index (χ0) is 10.2. The molecule has 0 aliphatic carbocycles. The van der Waals surface area contributed by atoms with Crippen LogP contribution in [0, 0.1) is 0 Å². The maximum absolute atomic E-state index is 5.82. The van der Waals surface area contributed by atoms with Gasteiger partial charge in [0.1, 0.15) is 0 Å². The number of nitrogens with one attached hydrogen (secondary N) is 1. The number of rotatable bonds is 1. The summed E-state index contributed by atoms with van der Waals surface area (Å²) in [6, 6.07) is 2.12. The molecule has 1 aromatic rings. The molecule has 3 heteroatoms. The smallest absolute Gasteiger partial charge is 0.0964 e. The van der Waals surface area contributed by atoms with Crippen molar-refractivity contribution >= 4 is 0 Å². The van der Waals surface area contributed by atoms with Crippen molar-refractivity contribution < 1.29 is 4.74 Å². The first-order valence-corrected chi connectivity index (χ1v) is 5.05. The molecule has 0 bridgehead atoms. The third-order valence-electron chi connectivity index (χ3n) is 2.64. The van der Waals surface area contributed by atoms with E-state index < -0.39 is 0 Å². The highest BCUT2D eigenvalue weighted by atomic mass is 16.5. The lowest BCUT2D eigenvalue weighted by atomic mass is 10.0. The lowest BCUT2D eigenvalue weighted by Crippen LogP contribution is -2.50. The maximum Gasteiger partial charge on any atom is 0.0964 e. The van der Waals surface area contributed by atoms with Gasteiger partial charge in [-0.25, -0.2) is 0 Å². The normalized spacial score (nSPS) is 26.4. The standard InChI is InChI=1S/C11H18N2O/c1-11(2)8-14-10(6-12-11)9-4-5-13(3)7-9/h4-5,7,10,12H,6,8H2,1-3H3. The predicted molar refractivity (Wildman–Crippen MR) is 56.2 cm³/mol. The van der Waals surface area contributed by atoms with Crippen molar-refractivity contribution in [2.24, 2.45) is 7.05 Å². The van der Waals surface area contributed by atoms with Crippen LogP contribution in [0.2, 0.25) is 0 Å². The van der Waals surface area contributed by atoms with Crippen LogP contribution >= 0.6 is 0 Å². The van der Waals surface area contributed by atoms with Crippen LogP contribution in [0.15, 0.2) is 18.5 Å². The number of morpholine rings is 1. The molecule has 14 heavy (non-hydrogen) atoms. The van der Waals surface area contributed by atoms with Gasteiger partial charge in [-0.15, -0.1) is 0 Å². The summed E-state index contributed by atoms with van der Waals surface area (Å²) in [6.45, 7) is 5.99. The highest BCUT2D eigenvalue weighted by Crippen LogP contribution is 2.23. The van der Waals surface area contributed by atoms with E-state index in [4.69, 9.17) is 4.74 Å². The largest absolute Gasteiger partial charge is 0.370 e. The van der Waals surface area contributed by atoms with Gasteiger partial charge in [-0.05, 0) is 25.5 Å². The summed E-state index contributed by atoms with van der Waals surface area (Å²) in [6.07, 6.45) is 4.38. The molecule has 1 fully saturated rings. The lowest BCUT2D eigenvalue weighted by molar-refractivity contribution is -0.0228. The average molecular weight is 194 g/mol. The van der Waals surface area contributed by atoms with E-state index in [9.17, 15) is 0 Å². The second-order valence-corrected chi connectivity index (χ2v) is 4.67. The van der Waals surface area contributed by atoms with E-state index in [1.165, 1.54) is 5.56 Å². The second kappa shape index (κ2) is 3.41. The monoisotopic (exact) mass is 194 g/mol.